The third-order valence-electron chi connectivity index (χ3n) is 4.63. The number of hydrogen-bond donors (Lipinski definition) is 1. The van der Waals surface area contributed by atoms with Crippen molar-refractivity contribution in [1.29, 1.82) is 0 Å². The van der Waals surface area contributed by atoms with Crippen molar-refractivity contribution in [2.75, 3.05) is 31.1 Å². The van der Waals surface area contributed by atoms with Crippen LogP contribution in [-0.4, -0.2) is 58.8 Å². The first kappa shape index (κ1) is 16.8. The van der Waals surface area contributed by atoms with Gasteiger partial charge >= 0.3 is 6.03 Å². The molecule has 1 aromatic rings. The van der Waals surface area contributed by atoms with Crippen molar-refractivity contribution in [3.63, 3.8) is 0 Å². The van der Waals surface area contributed by atoms with E-state index in [-0.39, 0.29) is 18.4 Å². The average molecular weight is 347 g/mol. The van der Waals surface area contributed by atoms with Gasteiger partial charge in [-0.3, -0.25) is 14.5 Å². The first-order valence-electron chi connectivity index (χ1n) is 8.13. The van der Waals surface area contributed by atoms with Gasteiger partial charge in [0.1, 0.15) is 12.1 Å². The Morgan fingerprint density at radius 1 is 1.21 bits per heavy atom. The number of nitrogens with one attached hydrogen (secondary N) is 1. The van der Waals surface area contributed by atoms with Crippen LogP contribution in [0.1, 0.15) is 18.9 Å². The molecule has 2 heterocycles. The Morgan fingerprint density at radius 3 is 2.50 bits per heavy atom. The molecule has 1 N–H and O–H groups in total. The molecule has 0 aromatic heterocycles. The molecular weight excluding hydrogens is 326 g/mol. The summed E-state index contributed by atoms with van der Waals surface area (Å²) in [5.74, 6) is 1.28. The van der Waals surface area contributed by atoms with Gasteiger partial charge in [0, 0.05) is 24.6 Å². The molecule has 1 aromatic carbocycles. The average Bonchev–Trinajstić information content (AvgIpc) is 2.88. The van der Waals surface area contributed by atoms with Crippen molar-refractivity contribution in [3.05, 3.63) is 35.9 Å². The summed E-state index contributed by atoms with van der Waals surface area (Å²) in [5, 5.41) is 2.80. The van der Waals surface area contributed by atoms with Crippen LogP contribution >= 0.6 is 11.8 Å². The summed E-state index contributed by atoms with van der Waals surface area (Å²) in [6.45, 7) is 3.01. The lowest BCUT2D eigenvalue weighted by molar-refractivity contribution is -0.139. The molecule has 0 radical (unpaired) electrons. The molecule has 0 aliphatic carbocycles. The van der Waals surface area contributed by atoms with Gasteiger partial charge in [-0.2, -0.15) is 11.8 Å². The minimum atomic E-state index is -1.07. The number of carbonyl (C=O) groups is 3. The number of hydrogen-bond acceptors (Lipinski definition) is 4. The summed E-state index contributed by atoms with van der Waals surface area (Å²) in [6.07, 6.45) is 0.437. The molecule has 2 aliphatic heterocycles. The van der Waals surface area contributed by atoms with E-state index in [0.29, 0.717) is 19.5 Å². The molecule has 4 amide bonds. The monoisotopic (exact) mass is 347 g/mol. The first-order valence-corrected chi connectivity index (χ1v) is 9.29. The minimum absolute atomic E-state index is 0.168. The Morgan fingerprint density at radius 2 is 1.88 bits per heavy atom. The second-order valence-electron chi connectivity index (χ2n) is 5.94. The van der Waals surface area contributed by atoms with E-state index >= 15 is 0 Å². The maximum Gasteiger partial charge on any atom is 0.325 e. The van der Waals surface area contributed by atoms with E-state index in [0.717, 1.165) is 22.0 Å². The summed E-state index contributed by atoms with van der Waals surface area (Å²) in [7, 11) is 0. The van der Waals surface area contributed by atoms with Crippen LogP contribution in [0.15, 0.2) is 30.3 Å². The maximum atomic E-state index is 13.0. The lowest BCUT2D eigenvalue weighted by atomic mass is 9.87. The third kappa shape index (κ3) is 2.88. The summed E-state index contributed by atoms with van der Waals surface area (Å²) in [5.41, 5.74) is -0.328. The molecule has 3 rings (SSSR count). The molecule has 24 heavy (non-hydrogen) atoms. The van der Waals surface area contributed by atoms with Crippen LogP contribution in [0.5, 0.6) is 0 Å². The zero-order valence-corrected chi connectivity index (χ0v) is 14.5. The van der Waals surface area contributed by atoms with Gasteiger partial charge in [-0.15, -0.1) is 0 Å². The normalized spacial score (nSPS) is 24.2. The number of imide groups is 1. The van der Waals surface area contributed by atoms with Crippen LogP contribution < -0.4 is 5.32 Å². The fourth-order valence-corrected chi connectivity index (χ4v) is 4.08. The van der Waals surface area contributed by atoms with Gasteiger partial charge in [0.25, 0.3) is 5.91 Å². The molecule has 0 bridgehead atoms. The third-order valence-corrected chi connectivity index (χ3v) is 5.57. The van der Waals surface area contributed by atoms with Gasteiger partial charge < -0.3 is 10.2 Å². The molecule has 7 heteroatoms. The number of amides is 4. The van der Waals surface area contributed by atoms with Crippen LogP contribution in [-0.2, 0) is 15.1 Å². The van der Waals surface area contributed by atoms with Gasteiger partial charge in [-0.1, -0.05) is 37.3 Å². The van der Waals surface area contributed by atoms with E-state index < -0.39 is 11.6 Å². The highest BCUT2D eigenvalue weighted by Gasteiger charge is 2.51. The molecule has 0 saturated carbocycles. The van der Waals surface area contributed by atoms with Crippen molar-refractivity contribution in [2.45, 2.75) is 18.9 Å². The topological polar surface area (TPSA) is 69.7 Å². The van der Waals surface area contributed by atoms with Crippen LogP contribution in [0.3, 0.4) is 0 Å². The van der Waals surface area contributed by atoms with Gasteiger partial charge in [-0.05, 0) is 12.0 Å². The molecular formula is C17H21N3O3S. The zero-order valence-electron chi connectivity index (χ0n) is 13.7. The Bertz CT molecular complexity index is 646. The second-order valence-corrected chi connectivity index (χ2v) is 7.16. The van der Waals surface area contributed by atoms with Crippen molar-refractivity contribution in [1.82, 2.24) is 15.1 Å². The smallest absolute Gasteiger partial charge is 0.325 e. The lowest BCUT2D eigenvalue weighted by Gasteiger charge is -2.28. The summed E-state index contributed by atoms with van der Waals surface area (Å²) in [6, 6.07) is 8.70. The van der Waals surface area contributed by atoms with E-state index in [4.69, 9.17) is 0 Å². The maximum absolute atomic E-state index is 13.0. The van der Waals surface area contributed by atoms with Crippen LogP contribution in [0.2, 0.25) is 0 Å². The van der Waals surface area contributed by atoms with Crippen molar-refractivity contribution >= 4 is 29.6 Å². The van der Waals surface area contributed by atoms with E-state index in [1.165, 1.54) is 0 Å². The molecule has 1 unspecified atom stereocenters. The second kappa shape index (κ2) is 6.84. The van der Waals surface area contributed by atoms with E-state index in [1.807, 2.05) is 37.3 Å². The molecule has 0 spiro atoms. The SMILES string of the molecule is CCC1(c2ccccc2)NC(=O)N(CC(=O)N2CCSCC2)C1=O. The number of urea groups is 1. The minimum Gasteiger partial charge on any atom is -0.339 e. The Kier molecular flexibility index (Phi) is 4.80. The quantitative estimate of drug-likeness (QED) is 0.837. The first-order chi connectivity index (χ1) is 11.6. The predicted molar refractivity (Wildman–Crippen MR) is 92.6 cm³/mol. The van der Waals surface area contributed by atoms with Gasteiger partial charge in [0.05, 0.1) is 0 Å². The van der Waals surface area contributed by atoms with E-state index in [1.54, 1.807) is 16.7 Å². The largest absolute Gasteiger partial charge is 0.339 e. The highest BCUT2D eigenvalue weighted by molar-refractivity contribution is 7.99. The van der Waals surface area contributed by atoms with E-state index in [2.05, 4.69) is 5.32 Å². The molecule has 6 nitrogen and oxygen atoms in total. The van der Waals surface area contributed by atoms with Crippen LogP contribution in [0, 0.1) is 0 Å². The highest BCUT2D eigenvalue weighted by Crippen LogP contribution is 2.32. The summed E-state index contributed by atoms with van der Waals surface area (Å²) >= 11 is 1.81. The summed E-state index contributed by atoms with van der Waals surface area (Å²) in [4.78, 5) is 40.5. The van der Waals surface area contributed by atoms with Gasteiger partial charge in [0.2, 0.25) is 5.91 Å². The summed E-state index contributed by atoms with van der Waals surface area (Å²) < 4.78 is 0. The van der Waals surface area contributed by atoms with Crippen molar-refractivity contribution in [2.24, 2.45) is 0 Å². The predicted octanol–water partition coefficient (Wildman–Crippen LogP) is 1.42. The number of rotatable bonds is 4. The fourth-order valence-electron chi connectivity index (χ4n) is 3.18. The number of carbonyl (C=O) groups excluding carboxylic acids is 3. The van der Waals surface area contributed by atoms with Crippen molar-refractivity contribution < 1.29 is 14.4 Å². The number of nitrogens with zero attached hydrogens (tertiary/aromatic N) is 2. The molecule has 128 valence electrons. The fraction of sp³-hybridized carbons (Fsp3) is 0.471. The molecule has 1 atom stereocenters. The lowest BCUT2D eigenvalue weighted by Crippen LogP contribution is -2.47. The van der Waals surface area contributed by atoms with Crippen LogP contribution in [0.25, 0.3) is 0 Å². The number of thioether (sulfide) groups is 1. The molecule has 2 aliphatic rings. The molecule has 2 saturated heterocycles. The Hall–Kier alpha value is -2.02. The Labute approximate surface area is 145 Å². The standard InChI is InChI=1S/C17H21N3O3S/c1-2-17(13-6-4-3-5-7-13)15(22)20(16(23)18-17)12-14(21)19-8-10-24-11-9-19/h3-7H,2,8-12H2,1H3,(H,18,23). The van der Waals surface area contributed by atoms with E-state index in [9.17, 15) is 14.4 Å². The zero-order chi connectivity index (χ0) is 17.2. The Balaban J connectivity index is 1.79. The number of benzene rings is 1. The van der Waals surface area contributed by atoms with Crippen molar-refractivity contribution in [3.8, 4) is 0 Å². The van der Waals surface area contributed by atoms with Gasteiger partial charge in [-0.25, -0.2) is 4.79 Å². The molecule has 2 fully saturated rings. The van der Waals surface area contributed by atoms with Crippen LogP contribution in [0.4, 0.5) is 4.79 Å². The highest BCUT2D eigenvalue weighted by atomic mass is 32.2. The van der Waals surface area contributed by atoms with Gasteiger partial charge in [0.15, 0.2) is 0 Å².